The Hall–Kier alpha value is -3.09. The molecule has 1 fully saturated rings. The fraction of sp³-hybridized carbons (Fsp3) is 0.316. The van der Waals surface area contributed by atoms with Crippen molar-refractivity contribution in [1.29, 1.82) is 0 Å². The zero-order valence-corrected chi connectivity index (χ0v) is 14.7. The van der Waals surface area contributed by atoms with Gasteiger partial charge in [-0.15, -0.1) is 0 Å². The van der Waals surface area contributed by atoms with Crippen LogP contribution in [0.1, 0.15) is 28.3 Å². The second-order valence-corrected chi connectivity index (χ2v) is 6.37. The van der Waals surface area contributed by atoms with Gasteiger partial charge in [0.1, 0.15) is 22.5 Å². The predicted molar refractivity (Wildman–Crippen MR) is 96.7 cm³/mol. The van der Waals surface area contributed by atoms with Crippen LogP contribution in [0.2, 0.25) is 0 Å². The molecule has 0 aliphatic carbocycles. The molecule has 1 saturated heterocycles. The number of aromatic nitrogens is 3. The van der Waals surface area contributed by atoms with E-state index >= 15 is 0 Å². The van der Waals surface area contributed by atoms with Gasteiger partial charge in [0.05, 0.1) is 14.2 Å². The molecule has 0 saturated carbocycles. The molecular formula is C19H20N4O3. The van der Waals surface area contributed by atoms with Crippen LogP contribution in [-0.2, 0) is 0 Å². The van der Waals surface area contributed by atoms with Gasteiger partial charge in [-0.1, -0.05) is 0 Å². The lowest BCUT2D eigenvalue weighted by Crippen LogP contribution is -2.28. The molecule has 1 N–H and O–H groups in total. The van der Waals surface area contributed by atoms with Gasteiger partial charge in [0.25, 0.3) is 5.91 Å². The minimum absolute atomic E-state index is 0.0132. The number of methoxy groups -OCH3 is 2. The number of fused-ring (bicyclic) bond motifs is 1. The molecule has 1 aliphatic heterocycles. The van der Waals surface area contributed by atoms with Crippen molar-refractivity contribution in [1.82, 2.24) is 20.3 Å². The van der Waals surface area contributed by atoms with E-state index in [4.69, 9.17) is 9.47 Å². The summed E-state index contributed by atoms with van der Waals surface area (Å²) in [5.41, 5.74) is 3.15. The first-order valence-corrected chi connectivity index (χ1v) is 8.51. The first kappa shape index (κ1) is 16.4. The number of likely N-dealkylation sites (tertiary alicyclic amines) is 1. The van der Waals surface area contributed by atoms with Crippen molar-refractivity contribution < 1.29 is 14.3 Å². The second kappa shape index (κ2) is 6.67. The van der Waals surface area contributed by atoms with Crippen LogP contribution in [0.4, 0.5) is 0 Å². The summed E-state index contributed by atoms with van der Waals surface area (Å²) < 4.78 is 10.8. The number of amides is 1. The maximum atomic E-state index is 12.9. The summed E-state index contributed by atoms with van der Waals surface area (Å²) in [7, 11) is 3.31. The van der Waals surface area contributed by atoms with Crippen molar-refractivity contribution in [3.8, 4) is 11.5 Å². The lowest BCUT2D eigenvalue weighted by Gasteiger charge is -2.18. The molecule has 0 bridgehead atoms. The Morgan fingerprint density at radius 3 is 2.77 bits per heavy atom. The third kappa shape index (κ3) is 2.85. The van der Waals surface area contributed by atoms with Crippen molar-refractivity contribution in [2.75, 3.05) is 27.3 Å². The SMILES string of the molecule is COc1ccc(OC)c([C@H]2CCN(C(=O)c3ccc4n[nH]nc4c3)C2)c1. The van der Waals surface area contributed by atoms with Crippen LogP contribution in [0.3, 0.4) is 0 Å². The quantitative estimate of drug-likeness (QED) is 0.781. The van der Waals surface area contributed by atoms with E-state index in [1.54, 1.807) is 26.4 Å². The molecule has 4 rings (SSSR count). The molecule has 1 aromatic heterocycles. The first-order chi connectivity index (χ1) is 12.7. The van der Waals surface area contributed by atoms with Gasteiger partial charge in [-0.3, -0.25) is 4.79 Å². The molecule has 26 heavy (non-hydrogen) atoms. The van der Waals surface area contributed by atoms with E-state index in [-0.39, 0.29) is 11.8 Å². The van der Waals surface area contributed by atoms with Gasteiger partial charge < -0.3 is 14.4 Å². The molecule has 7 nitrogen and oxygen atoms in total. The number of nitrogens with zero attached hydrogens (tertiary/aromatic N) is 3. The fourth-order valence-corrected chi connectivity index (χ4v) is 3.51. The maximum Gasteiger partial charge on any atom is 0.253 e. The zero-order valence-electron chi connectivity index (χ0n) is 14.7. The van der Waals surface area contributed by atoms with Crippen molar-refractivity contribution in [3.05, 3.63) is 47.5 Å². The highest BCUT2D eigenvalue weighted by molar-refractivity contribution is 5.97. The summed E-state index contributed by atoms with van der Waals surface area (Å²) >= 11 is 0. The van der Waals surface area contributed by atoms with Gasteiger partial charge >= 0.3 is 0 Å². The topological polar surface area (TPSA) is 80.3 Å². The molecule has 0 radical (unpaired) electrons. The molecule has 7 heteroatoms. The Balaban J connectivity index is 1.55. The number of hydrogen-bond donors (Lipinski definition) is 1. The van der Waals surface area contributed by atoms with Crippen LogP contribution >= 0.6 is 0 Å². The predicted octanol–water partition coefficient (Wildman–Crippen LogP) is 2.60. The number of nitrogens with one attached hydrogen (secondary N) is 1. The van der Waals surface area contributed by atoms with Crippen molar-refractivity contribution >= 4 is 16.9 Å². The average Bonchev–Trinajstić information content (AvgIpc) is 3.35. The third-order valence-corrected chi connectivity index (χ3v) is 4.92. The van der Waals surface area contributed by atoms with E-state index in [2.05, 4.69) is 15.4 Å². The summed E-state index contributed by atoms with van der Waals surface area (Å²) in [4.78, 5) is 14.8. The number of H-pyrrole nitrogens is 1. The molecule has 0 spiro atoms. The van der Waals surface area contributed by atoms with Gasteiger partial charge in [0, 0.05) is 30.1 Å². The lowest BCUT2D eigenvalue weighted by molar-refractivity contribution is 0.0791. The standard InChI is InChI=1S/C19H20N4O3/c1-25-14-4-6-18(26-2)15(10-14)13-7-8-23(11-13)19(24)12-3-5-16-17(9-12)21-22-20-16/h3-6,9-10,13H,7-8,11H2,1-2H3,(H,20,21,22)/t13-/m0/s1. The first-order valence-electron chi connectivity index (χ1n) is 8.51. The van der Waals surface area contributed by atoms with E-state index in [0.717, 1.165) is 29.0 Å². The third-order valence-electron chi connectivity index (χ3n) is 4.92. The van der Waals surface area contributed by atoms with Gasteiger partial charge in [-0.2, -0.15) is 15.4 Å². The molecule has 3 aromatic rings. The number of carbonyl (C=O) groups is 1. The highest BCUT2D eigenvalue weighted by Crippen LogP contribution is 2.36. The largest absolute Gasteiger partial charge is 0.497 e. The van der Waals surface area contributed by atoms with Gasteiger partial charge in [0.15, 0.2) is 0 Å². The van der Waals surface area contributed by atoms with Crippen LogP contribution in [-0.4, -0.2) is 53.5 Å². The Morgan fingerprint density at radius 2 is 1.96 bits per heavy atom. The van der Waals surface area contributed by atoms with Crippen molar-refractivity contribution in [3.63, 3.8) is 0 Å². The Kier molecular flexibility index (Phi) is 4.20. The van der Waals surface area contributed by atoms with Gasteiger partial charge in [0.2, 0.25) is 0 Å². The molecule has 0 unspecified atom stereocenters. The summed E-state index contributed by atoms with van der Waals surface area (Å²) in [6, 6.07) is 11.2. The number of rotatable bonds is 4. The smallest absolute Gasteiger partial charge is 0.253 e. The van der Waals surface area contributed by atoms with Crippen LogP contribution in [0.15, 0.2) is 36.4 Å². The summed E-state index contributed by atoms with van der Waals surface area (Å²) in [6.07, 6.45) is 0.890. The van der Waals surface area contributed by atoms with Crippen molar-refractivity contribution in [2.45, 2.75) is 12.3 Å². The summed E-state index contributed by atoms with van der Waals surface area (Å²) in [6.45, 7) is 1.36. The van der Waals surface area contributed by atoms with Crippen LogP contribution in [0.5, 0.6) is 11.5 Å². The Morgan fingerprint density at radius 1 is 1.12 bits per heavy atom. The van der Waals surface area contributed by atoms with Crippen molar-refractivity contribution in [2.24, 2.45) is 0 Å². The van der Waals surface area contributed by atoms with E-state index in [0.29, 0.717) is 24.2 Å². The number of aromatic amines is 1. The monoisotopic (exact) mass is 352 g/mol. The Labute approximate surface area is 150 Å². The van der Waals surface area contributed by atoms with Crippen LogP contribution in [0.25, 0.3) is 11.0 Å². The molecule has 1 amide bonds. The van der Waals surface area contributed by atoms with Crippen LogP contribution in [0, 0.1) is 0 Å². The minimum Gasteiger partial charge on any atom is -0.497 e. The van der Waals surface area contributed by atoms with Gasteiger partial charge in [-0.25, -0.2) is 0 Å². The van der Waals surface area contributed by atoms with E-state index in [1.165, 1.54) is 0 Å². The number of ether oxygens (including phenoxy) is 2. The summed E-state index contributed by atoms with van der Waals surface area (Å²) in [5, 5.41) is 10.6. The van der Waals surface area contributed by atoms with E-state index in [9.17, 15) is 4.79 Å². The van der Waals surface area contributed by atoms with Gasteiger partial charge in [-0.05, 0) is 42.8 Å². The molecule has 2 aromatic carbocycles. The number of carbonyl (C=O) groups excluding carboxylic acids is 1. The van der Waals surface area contributed by atoms with E-state index in [1.807, 2.05) is 29.2 Å². The minimum atomic E-state index is 0.0132. The lowest BCUT2D eigenvalue weighted by atomic mass is 9.97. The molecule has 134 valence electrons. The average molecular weight is 352 g/mol. The summed E-state index contributed by atoms with van der Waals surface area (Å²) in [5.74, 6) is 1.86. The molecule has 1 aliphatic rings. The molecule has 2 heterocycles. The maximum absolute atomic E-state index is 12.9. The molecule has 1 atom stereocenters. The second-order valence-electron chi connectivity index (χ2n) is 6.37. The normalized spacial score (nSPS) is 16.8. The molecular weight excluding hydrogens is 332 g/mol. The van der Waals surface area contributed by atoms with E-state index < -0.39 is 0 Å². The zero-order chi connectivity index (χ0) is 18.1. The highest BCUT2D eigenvalue weighted by atomic mass is 16.5. The highest BCUT2D eigenvalue weighted by Gasteiger charge is 2.30. The number of benzene rings is 2. The van der Waals surface area contributed by atoms with Crippen LogP contribution < -0.4 is 9.47 Å². The Bertz CT molecular complexity index is 953. The number of hydrogen-bond acceptors (Lipinski definition) is 5. The fourth-order valence-electron chi connectivity index (χ4n) is 3.51.